The number of rotatable bonds is 8. The van der Waals surface area contributed by atoms with Gasteiger partial charge >= 0.3 is 6.09 Å². The lowest BCUT2D eigenvalue weighted by Crippen LogP contribution is -2.51. The molecule has 3 N–H and O–H groups in total. The van der Waals surface area contributed by atoms with Crippen molar-refractivity contribution in [2.24, 2.45) is 17.8 Å². The van der Waals surface area contributed by atoms with Crippen molar-refractivity contribution in [3.8, 4) is 23.1 Å². The van der Waals surface area contributed by atoms with Crippen molar-refractivity contribution >= 4 is 28.9 Å². The van der Waals surface area contributed by atoms with E-state index in [4.69, 9.17) is 15.2 Å². The molecule has 262 valence electrons. The first kappa shape index (κ1) is 29.8. The van der Waals surface area contributed by atoms with Crippen LogP contribution >= 0.6 is 0 Å². The quantitative estimate of drug-likeness (QED) is 0.186. The predicted octanol–water partition coefficient (Wildman–Crippen LogP) is 6.35. The molecule has 2 fully saturated rings. The number of nitrogens with one attached hydrogen (secondary N) is 3. The summed E-state index contributed by atoms with van der Waals surface area (Å²) in [6.45, 7) is 10.9. The van der Waals surface area contributed by atoms with Crippen LogP contribution in [0, 0.1) is 29.6 Å². The van der Waals surface area contributed by atoms with E-state index in [1.54, 1.807) is 11.0 Å². The topological polar surface area (TPSA) is 136 Å². The third kappa shape index (κ3) is 7.25. The van der Waals surface area contributed by atoms with Gasteiger partial charge in [-0.3, -0.25) is 9.59 Å². The minimum absolute atomic E-state index is 0.0223. The number of H-pyrrole nitrogens is 2. The Kier molecular flexibility index (Phi) is 8.81. The van der Waals surface area contributed by atoms with Crippen molar-refractivity contribution in [1.82, 2.24) is 35.1 Å². The zero-order valence-corrected chi connectivity index (χ0v) is 29.4. The molecule has 4 aromatic rings. The number of hydrogen-bond donors (Lipinski definition) is 3. The molecule has 2 aliphatic heterocycles. The normalized spacial score (nSPS) is 19.8. The Morgan fingerprint density at radius 3 is 2.22 bits per heavy atom. The summed E-state index contributed by atoms with van der Waals surface area (Å²) in [5.74, 6) is 6.89. The molecule has 50 heavy (non-hydrogen) atoms. The number of amides is 3. The van der Waals surface area contributed by atoms with Crippen molar-refractivity contribution in [2.45, 2.75) is 78.4 Å². The van der Waals surface area contributed by atoms with Crippen LogP contribution in [-0.2, 0) is 14.3 Å². The number of benzene rings is 2. The molecule has 2 aliphatic rings. The van der Waals surface area contributed by atoms with Crippen LogP contribution < -0.4 is 5.32 Å². The molecule has 0 saturated carbocycles. The van der Waals surface area contributed by atoms with E-state index in [1.807, 2.05) is 37.8 Å². The fraction of sp³-hybridized carbons (Fsp3) is 0.462. The van der Waals surface area contributed by atoms with Crippen LogP contribution in [0.1, 0.15) is 101 Å². The Morgan fingerprint density at radius 2 is 1.56 bits per heavy atom. The largest absolute Gasteiger partial charge is 0.453 e. The first-order chi connectivity index (χ1) is 25.7. The molecule has 2 saturated heterocycles. The maximum atomic E-state index is 13.6. The van der Waals surface area contributed by atoms with E-state index in [9.17, 15) is 14.4 Å². The first-order valence-electron chi connectivity index (χ1n) is 19.3. The van der Waals surface area contributed by atoms with Crippen molar-refractivity contribution < 1.29 is 24.6 Å². The van der Waals surface area contributed by atoms with Crippen molar-refractivity contribution in [1.29, 1.82) is 0 Å². The van der Waals surface area contributed by atoms with Gasteiger partial charge in [-0.25, -0.2) is 14.8 Å². The number of alkyl carbamates (subject to hydrolysis) is 1. The summed E-state index contributed by atoms with van der Waals surface area (Å²) in [5.41, 5.74) is 2.27. The second-order valence-corrected chi connectivity index (χ2v) is 13.8. The van der Waals surface area contributed by atoms with E-state index in [0.29, 0.717) is 36.4 Å². The molecule has 2 aromatic heterocycles. The number of ether oxygens (including phenoxy) is 1. The van der Waals surface area contributed by atoms with Crippen LogP contribution in [-0.4, -0.2) is 73.9 Å². The molecule has 3 amide bonds. The van der Waals surface area contributed by atoms with Gasteiger partial charge in [-0.05, 0) is 67.8 Å². The highest BCUT2D eigenvalue weighted by molar-refractivity contribution is 5.86. The molecule has 11 nitrogen and oxygen atoms in total. The molecule has 11 heteroatoms. The average Bonchev–Trinajstić information content (AvgIpc) is 3.98. The van der Waals surface area contributed by atoms with Crippen LogP contribution in [0.2, 0.25) is 0 Å². The number of aromatic amines is 2. The molecule has 0 spiro atoms. The first-order valence-corrected chi connectivity index (χ1v) is 17.3. The van der Waals surface area contributed by atoms with Gasteiger partial charge in [-0.2, -0.15) is 0 Å². The highest BCUT2D eigenvalue weighted by atomic mass is 16.5. The fourth-order valence-electron chi connectivity index (χ4n) is 6.59. The molecule has 0 bridgehead atoms. The lowest BCUT2D eigenvalue weighted by molar-refractivity contribution is -0.137. The second-order valence-electron chi connectivity index (χ2n) is 13.8. The van der Waals surface area contributed by atoms with Gasteiger partial charge in [-0.15, -0.1) is 0 Å². The van der Waals surface area contributed by atoms with Gasteiger partial charge in [0.1, 0.15) is 17.7 Å². The van der Waals surface area contributed by atoms with E-state index in [2.05, 4.69) is 46.0 Å². The van der Waals surface area contributed by atoms with Crippen molar-refractivity contribution in [2.75, 3.05) is 20.2 Å². The molecule has 2 aromatic carbocycles. The Labute approximate surface area is 299 Å². The Morgan fingerprint density at radius 1 is 0.900 bits per heavy atom. The van der Waals surface area contributed by atoms with Gasteiger partial charge < -0.3 is 29.8 Å². The van der Waals surface area contributed by atoms with E-state index in [0.717, 1.165) is 30.6 Å². The zero-order valence-electron chi connectivity index (χ0n) is 33.4. The summed E-state index contributed by atoms with van der Waals surface area (Å²) < 4.78 is 39.9. The number of hydrogen-bond acceptors (Lipinski definition) is 6. The number of likely N-dealkylation sites (tertiary alicyclic amines) is 2. The van der Waals surface area contributed by atoms with Gasteiger partial charge in [0.05, 0.1) is 41.4 Å². The summed E-state index contributed by atoms with van der Waals surface area (Å²) in [6.07, 6.45) is 3.91. The third-order valence-electron chi connectivity index (χ3n) is 9.80. The lowest BCUT2D eigenvalue weighted by atomic mass is 9.96. The molecule has 4 heterocycles. The minimum Gasteiger partial charge on any atom is -0.453 e. The van der Waals surface area contributed by atoms with E-state index >= 15 is 0 Å². The fourth-order valence-corrected chi connectivity index (χ4v) is 6.59. The number of aromatic nitrogens is 4. The van der Waals surface area contributed by atoms with Gasteiger partial charge in [0.2, 0.25) is 11.8 Å². The van der Waals surface area contributed by atoms with Crippen LogP contribution in [0.4, 0.5) is 4.79 Å². The van der Waals surface area contributed by atoms with E-state index in [1.165, 1.54) is 13.3 Å². The van der Waals surface area contributed by atoms with Gasteiger partial charge in [-0.1, -0.05) is 58.5 Å². The maximum Gasteiger partial charge on any atom is 0.407 e. The molecule has 6 rings (SSSR count). The Hall–Kier alpha value is -5.11. The standard InChI is InChI=1S/C39H47N7O4/c1-23(2)25(5)37(47)45-19-8-10-33(45)36-41-29-18-15-27(21-30(29)42-36)12-11-26-13-16-28(17-14-26)31-22-40-35(43-31)32-9-7-20-46(32)38(48)34(24(3)4)44-39(49)50-6/h13-18,21-25,32-34H,7-10,19-20H2,1-6H3,(H,40,43)(H,41,42)(H,44,49)/t25-,32-,33-,34-/m0/s1/i13D,14D,16D,17D. The number of imidazole rings is 2. The highest BCUT2D eigenvalue weighted by Crippen LogP contribution is 2.34. The van der Waals surface area contributed by atoms with Gasteiger partial charge in [0.25, 0.3) is 0 Å². The number of carbonyl (C=O) groups excluding carboxylic acids is 3. The van der Waals surface area contributed by atoms with Crippen molar-refractivity contribution in [3.05, 3.63) is 71.3 Å². The minimum atomic E-state index is -0.797. The molecule has 0 radical (unpaired) electrons. The maximum absolute atomic E-state index is 13.6. The highest BCUT2D eigenvalue weighted by Gasteiger charge is 2.38. The smallest absolute Gasteiger partial charge is 0.407 e. The van der Waals surface area contributed by atoms with Crippen molar-refractivity contribution in [3.63, 3.8) is 0 Å². The van der Waals surface area contributed by atoms with Crippen LogP contribution in [0.25, 0.3) is 22.3 Å². The Bertz CT molecular complexity index is 2120. The van der Waals surface area contributed by atoms with Crippen LogP contribution in [0.3, 0.4) is 0 Å². The summed E-state index contributed by atoms with van der Waals surface area (Å²) >= 11 is 0. The second kappa shape index (κ2) is 14.8. The molecule has 0 unspecified atom stereocenters. The molecular formula is C39H47N7O4. The van der Waals surface area contributed by atoms with Crippen LogP contribution in [0.15, 0.2) is 48.6 Å². The average molecular weight is 682 g/mol. The summed E-state index contributed by atoms with van der Waals surface area (Å²) in [4.78, 5) is 58.3. The molecule has 4 atom stereocenters. The number of fused-ring (bicyclic) bond motifs is 1. The predicted molar refractivity (Wildman–Crippen MR) is 192 cm³/mol. The number of carbonyl (C=O) groups is 3. The van der Waals surface area contributed by atoms with Gasteiger partial charge in [0.15, 0.2) is 0 Å². The van der Waals surface area contributed by atoms with Crippen LogP contribution in [0.5, 0.6) is 0 Å². The number of methoxy groups -OCH3 is 1. The third-order valence-corrected chi connectivity index (χ3v) is 9.80. The number of nitrogens with zero attached hydrogens (tertiary/aromatic N) is 4. The summed E-state index contributed by atoms with van der Waals surface area (Å²) in [7, 11) is 1.24. The van der Waals surface area contributed by atoms with E-state index < -0.39 is 18.2 Å². The SMILES string of the molecule is [2H]c1c([2H])c(-c2c[nH]c([C@@H]3CCCN3C(=O)[C@@H](NC(=O)OC)C(C)C)n2)c([2H])c([2H])c1C#Cc1ccc2[nH]c([C@@H]3CCCN3C(=O)[C@@H](C)C(C)C)nc2c1. The lowest BCUT2D eigenvalue weighted by Gasteiger charge is -2.29. The van der Waals surface area contributed by atoms with Gasteiger partial charge in [0, 0.05) is 41.9 Å². The molecular weight excluding hydrogens is 630 g/mol. The zero-order chi connectivity index (χ0) is 39.0. The summed E-state index contributed by atoms with van der Waals surface area (Å²) in [5, 5.41) is 2.63. The molecule has 0 aliphatic carbocycles. The monoisotopic (exact) mass is 681 g/mol. The summed E-state index contributed by atoms with van der Waals surface area (Å²) in [6, 6.07) is 2.97. The van der Waals surface area contributed by atoms with E-state index in [-0.39, 0.29) is 76.6 Å². The Balaban J connectivity index is 1.24.